The maximum atomic E-state index is 12.2. The number of para-hydroxylation sites is 1. The summed E-state index contributed by atoms with van der Waals surface area (Å²) in [6.45, 7) is 5.48. The maximum Gasteiger partial charge on any atom is 0.289 e. The lowest BCUT2D eigenvalue weighted by Gasteiger charge is -2.27. The Balaban J connectivity index is 1.74. The van der Waals surface area contributed by atoms with Crippen molar-refractivity contribution in [3.05, 3.63) is 34.4 Å². The van der Waals surface area contributed by atoms with E-state index in [0.717, 1.165) is 45.6 Å². The summed E-state index contributed by atoms with van der Waals surface area (Å²) < 4.78 is 26.9. The minimum absolute atomic E-state index is 0.282. The molecule has 2 rings (SSSR count). The molecule has 2 N–H and O–H groups in total. The predicted molar refractivity (Wildman–Crippen MR) is 91.4 cm³/mol. The first-order valence-corrected chi connectivity index (χ1v) is 9.65. The third kappa shape index (κ3) is 5.52. The van der Waals surface area contributed by atoms with Crippen LogP contribution in [0.15, 0.2) is 29.2 Å². The van der Waals surface area contributed by atoms with Gasteiger partial charge in [-0.2, -0.15) is 0 Å². The molecule has 24 heavy (non-hydrogen) atoms. The Kier molecular flexibility index (Phi) is 7.10. The van der Waals surface area contributed by atoms with Crippen molar-refractivity contribution in [3.8, 4) is 0 Å². The van der Waals surface area contributed by atoms with Crippen LogP contribution in [0.25, 0.3) is 0 Å². The second-order valence-corrected chi connectivity index (χ2v) is 7.51. The molecule has 1 heterocycles. The number of sulfonamides is 1. The number of rotatable bonds is 9. The molecule has 0 bridgehead atoms. The van der Waals surface area contributed by atoms with Gasteiger partial charge in [-0.05, 0) is 25.5 Å². The molecular weight excluding hydrogens is 332 g/mol. The van der Waals surface area contributed by atoms with Crippen LogP contribution in [0.1, 0.15) is 19.3 Å². The first-order valence-electron chi connectivity index (χ1n) is 8.17. The lowest BCUT2D eigenvalue weighted by atomic mass is 10.2. The number of benzene rings is 1. The van der Waals surface area contributed by atoms with Crippen molar-refractivity contribution in [2.24, 2.45) is 0 Å². The van der Waals surface area contributed by atoms with Crippen molar-refractivity contribution in [3.63, 3.8) is 0 Å². The second kappa shape index (κ2) is 9.07. The van der Waals surface area contributed by atoms with Crippen LogP contribution < -0.4 is 10.0 Å². The zero-order chi connectivity index (χ0) is 17.4. The van der Waals surface area contributed by atoms with Crippen molar-refractivity contribution in [1.82, 2.24) is 14.9 Å². The second-order valence-electron chi connectivity index (χ2n) is 5.77. The average molecular weight is 356 g/mol. The lowest BCUT2D eigenvalue weighted by molar-refractivity contribution is -0.387. The lowest BCUT2D eigenvalue weighted by Crippen LogP contribution is -2.43. The third-order valence-corrected chi connectivity index (χ3v) is 5.51. The number of hydrogen-bond acceptors (Lipinski definition) is 6. The van der Waals surface area contributed by atoms with Gasteiger partial charge in [-0.3, -0.25) is 10.1 Å². The Morgan fingerprint density at radius 3 is 2.58 bits per heavy atom. The van der Waals surface area contributed by atoms with Crippen LogP contribution in [0.2, 0.25) is 0 Å². The molecule has 8 nitrogen and oxygen atoms in total. The molecule has 1 aromatic rings. The molecule has 0 aromatic heterocycles. The van der Waals surface area contributed by atoms with E-state index in [1.807, 2.05) is 0 Å². The highest BCUT2D eigenvalue weighted by Crippen LogP contribution is 2.22. The van der Waals surface area contributed by atoms with Crippen molar-refractivity contribution >= 4 is 15.7 Å². The molecule has 0 saturated carbocycles. The van der Waals surface area contributed by atoms with Crippen molar-refractivity contribution in [1.29, 1.82) is 0 Å². The van der Waals surface area contributed by atoms with Crippen LogP contribution in [0, 0.1) is 10.1 Å². The summed E-state index contributed by atoms with van der Waals surface area (Å²) in [5.41, 5.74) is -0.399. The first-order chi connectivity index (χ1) is 11.5. The largest absolute Gasteiger partial charge is 0.314 e. The smallest absolute Gasteiger partial charge is 0.289 e. The third-order valence-electron chi connectivity index (χ3n) is 4.00. The normalized spacial score (nSPS) is 16.2. The molecule has 0 radical (unpaired) electrons. The standard InChI is InChI=1S/C15H24N4O4S/c20-19(21)14-6-2-3-7-15(14)24(22,23)17-8-4-1-5-11-18-12-9-16-10-13-18/h2-3,6-7,16-17H,1,4-5,8-13H2. The highest BCUT2D eigenvalue weighted by molar-refractivity contribution is 7.89. The Labute approximate surface area is 142 Å². The fourth-order valence-corrected chi connectivity index (χ4v) is 3.94. The highest BCUT2D eigenvalue weighted by Gasteiger charge is 2.24. The summed E-state index contributed by atoms with van der Waals surface area (Å²) in [7, 11) is -3.85. The van der Waals surface area contributed by atoms with Gasteiger partial charge in [0.1, 0.15) is 0 Å². The van der Waals surface area contributed by atoms with E-state index >= 15 is 0 Å². The number of hydrogen-bond donors (Lipinski definition) is 2. The molecule has 0 spiro atoms. The molecule has 1 fully saturated rings. The molecule has 1 saturated heterocycles. The van der Waals surface area contributed by atoms with Gasteiger partial charge in [-0.15, -0.1) is 0 Å². The SMILES string of the molecule is O=[N+]([O-])c1ccccc1S(=O)(=O)NCCCCCN1CCNCC1. The zero-order valence-electron chi connectivity index (χ0n) is 13.6. The van der Waals surface area contributed by atoms with Gasteiger partial charge >= 0.3 is 0 Å². The van der Waals surface area contributed by atoms with Gasteiger partial charge in [-0.25, -0.2) is 13.1 Å². The maximum absolute atomic E-state index is 12.2. The number of nitro groups is 1. The van der Waals surface area contributed by atoms with Crippen molar-refractivity contribution < 1.29 is 13.3 Å². The van der Waals surface area contributed by atoms with Gasteiger partial charge in [0.15, 0.2) is 4.90 Å². The van der Waals surface area contributed by atoms with Crippen LogP contribution in [-0.2, 0) is 10.0 Å². The molecule has 0 unspecified atom stereocenters. The monoisotopic (exact) mass is 356 g/mol. The molecule has 9 heteroatoms. The number of nitro benzene ring substituents is 1. The van der Waals surface area contributed by atoms with E-state index < -0.39 is 20.6 Å². The van der Waals surface area contributed by atoms with Crippen LogP contribution in [0.4, 0.5) is 5.69 Å². The molecular formula is C15H24N4O4S. The van der Waals surface area contributed by atoms with E-state index in [-0.39, 0.29) is 11.4 Å². The quantitative estimate of drug-likeness (QED) is 0.388. The van der Waals surface area contributed by atoms with E-state index in [1.54, 1.807) is 0 Å². The zero-order valence-corrected chi connectivity index (χ0v) is 14.4. The van der Waals surface area contributed by atoms with Gasteiger partial charge < -0.3 is 10.2 Å². The van der Waals surface area contributed by atoms with Crippen molar-refractivity contribution in [2.45, 2.75) is 24.2 Å². The fourth-order valence-electron chi connectivity index (χ4n) is 2.69. The highest BCUT2D eigenvalue weighted by atomic mass is 32.2. The Hall–Kier alpha value is -1.55. The number of nitrogens with one attached hydrogen (secondary N) is 2. The van der Waals surface area contributed by atoms with Gasteiger partial charge in [-0.1, -0.05) is 18.6 Å². The summed E-state index contributed by atoms with van der Waals surface area (Å²) in [6, 6.07) is 5.38. The molecule has 1 aliphatic rings. The fraction of sp³-hybridized carbons (Fsp3) is 0.600. The average Bonchev–Trinajstić information content (AvgIpc) is 2.59. The van der Waals surface area contributed by atoms with E-state index in [2.05, 4.69) is 14.9 Å². The van der Waals surface area contributed by atoms with E-state index in [4.69, 9.17) is 0 Å². The van der Waals surface area contributed by atoms with Crippen LogP contribution in [0.3, 0.4) is 0 Å². The first kappa shape index (κ1) is 18.8. The molecule has 134 valence electrons. The summed E-state index contributed by atoms with van der Waals surface area (Å²) in [4.78, 5) is 12.4. The number of nitrogens with zero attached hydrogens (tertiary/aromatic N) is 2. The summed E-state index contributed by atoms with van der Waals surface area (Å²) in [6.07, 6.45) is 2.66. The molecule has 1 aromatic carbocycles. The van der Waals surface area contributed by atoms with Crippen molar-refractivity contribution in [2.75, 3.05) is 39.3 Å². The van der Waals surface area contributed by atoms with E-state index in [1.165, 1.54) is 24.3 Å². The van der Waals surface area contributed by atoms with Gasteiger partial charge in [0, 0.05) is 38.8 Å². The van der Waals surface area contributed by atoms with Crippen LogP contribution >= 0.6 is 0 Å². The number of piperazine rings is 1. The van der Waals surface area contributed by atoms with Gasteiger partial charge in [0.25, 0.3) is 5.69 Å². The van der Waals surface area contributed by atoms with Crippen LogP contribution in [-0.4, -0.2) is 57.5 Å². The van der Waals surface area contributed by atoms with Crippen LogP contribution in [0.5, 0.6) is 0 Å². The summed E-state index contributed by atoms with van der Waals surface area (Å²) >= 11 is 0. The van der Waals surface area contributed by atoms with E-state index in [9.17, 15) is 18.5 Å². The topological polar surface area (TPSA) is 105 Å². The molecule has 1 aliphatic heterocycles. The summed E-state index contributed by atoms with van der Waals surface area (Å²) in [5, 5.41) is 14.2. The van der Waals surface area contributed by atoms with E-state index in [0.29, 0.717) is 6.42 Å². The molecule has 0 aliphatic carbocycles. The minimum Gasteiger partial charge on any atom is -0.314 e. The van der Waals surface area contributed by atoms with Gasteiger partial charge in [0.2, 0.25) is 10.0 Å². The minimum atomic E-state index is -3.85. The predicted octanol–water partition coefficient (Wildman–Crippen LogP) is 0.949. The number of unbranched alkanes of at least 4 members (excludes halogenated alkanes) is 2. The summed E-state index contributed by atoms with van der Waals surface area (Å²) in [5.74, 6) is 0. The Morgan fingerprint density at radius 1 is 1.17 bits per heavy atom. The molecule has 0 amide bonds. The van der Waals surface area contributed by atoms with Gasteiger partial charge in [0.05, 0.1) is 4.92 Å². The Bertz CT molecular complexity index is 645. The Morgan fingerprint density at radius 2 is 1.88 bits per heavy atom. The molecule has 0 atom stereocenters.